The molecule has 8 nitrogen and oxygen atoms in total. The lowest BCUT2D eigenvalue weighted by molar-refractivity contribution is -0.140. The molecule has 0 spiro atoms. The first-order valence-electron chi connectivity index (χ1n) is 8.76. The Hall–Kier alpha value is -3.21. The zero-order valence-corrected chi connectivity index (χ0v) is 17.9. The van der Waals surface area contributed by atoms with Crippen LogP contribution >= 0.6 is 35.6 Å². The molecule has 0 aliphatic carbocycles. The second-order valence-electron chi connectivity index (χ2n) is 6.26. The molecule has 0 atom stereocenters. The van der Waals surface area contributed by atoms with Crippen molar-refractivity contribution in [2.24, 2.45) is 0 Å². The van der Waals surface area contributed by atoms with Gasteiger partial charge in [0.1, 0.15) is 27.8 Å². The summed E-state index contributed by atoms with van der Waals surface area (Å²) in [6.45, 7) is -0.570. The summed E-state index contributed by atoms with van der Waals surface area (Å²) in [6, 6.07) is 11.7. The molecule has 11 heteroatoms. The minimum atomic E-state index is -1.20. The Balaban J connectivity index is 1.86. The lowest BCUT2D eigenvalue weighted by Gasteiger charge is -2.11. The first-order chi connectivity index (χ1) is 14.8. The zero-order valence-electron chi connectivity index (χ0n) is 15.5. The standard InChI is InChI=1S/C20H12ClN3O5S2/c21-12-5-1-2-6-13(12)29-17-11(18(27)23-8-4-3-7-15(23)22-17)9-14-19(28)24(10-16(25)26)20(30)31-14/h1-9H,10H2,(H,25,26). The molecule has 0 saturated carbocycles. The molecule has 156 valence electrons. The minimum absolute atomic E-state index is 0.000514. The van der Waals surface area contributed by atoms with Gasteiger partial charge in [-0.1, -0.05) is 53.8 Å². The van der Waals surface area contributed by atoms with Crippen molar-refractivity contribution in [1.82, 2.24) is 14.3 Å². The number of aliphatic carboxylic acids is 1. The summed E-state index contributed by atoms with van der Waals surface area (Å²) in [5.74, 6) is -1.58. The van der Waals surface area contributed by atoms with Gasteiger partial charge in [-0.3, -0.25) is 23.7 Å². The first-order valence-corrected chi connectivity index (χ1v) is 10.4. The van der Waals surface area contributed by atoms with E-state index in [-0.39, 0.29) is 26.4 Å². The lowest BCUT2D eigenvalue weighted by Crippen LogP contribution is -2.33. The van der Waals surface area contributed by atoms with E-state index in [1.807, 2.05) is 0 Å². The van der Waals surface area contributed by atoms with Crippen LogP contribution in [0.25, 0.3) is 11.7 Å². The van der Waals surface area contributed by atoms with Crippen molar-refractivity contribution in [2.45, 2.75) is 0 Å². The Morgan fingerprint density at radius 1 is 1.23 bits per heavy atom. The van der Waals surface area contributed by atoms with Crippen LogP contribution in [0.5, 0.6) is 11.6 Å². The third kappa shape index (κ3) is 4.18. The van der Waals surface area contributed by atoms with E-state index >= 15 is 0 Å². The second kappa shape index (κ2) is 8.50. The topological polar surface area (TPSA) is 101 Å². The average Bonchev–Trinajstić information content (AvgIpc) is 2.99. The molecule has 1 fully saturated rings. The van der Waals surface area contributed by atoms with Crippen LogP contribution in [0.1, 0.15) is 5.56 Å². The predicted molar refractivity (Wildman–Crippen MR) is 121 cm³/mol. The number of fused-ring (bicyclic) bond motifs is 1. The maximum atomic E-state index is 13.2. The van der Waals surface area contributed by atoms with Crippen LogP contribution in [-0.2, 0) is 9.59 Å². The summed E-state index contributed by atoms with van der Waals surface area (Å²) >= 11 is 12.2. The monoisotopic (exact) mass is 473 g/mol. The highest BCUT2D eigenvalue weighted by molar-refractivity contribution is 8.26. The van der Waals surface area contributed by atoms with Crippen molar-refractivity contribution in [3.63, 3.8) is 0 Å². The number of carbonyl (C=O) groups is 2. The van der Waals surface area contributed by atoms with Crippen molar-refractivity contribution < 1.29 is 19.4 Å². The number of thioether (sulfide) groups is 1. The molecular formula is C20H12ClN3O5S2. The highest BCUT2D eigenvalue weighted by Gasteiger charge is 2.34. The number of halogens is 1. The summed E-state index contributed by atoms with van der Waals surface area (Å²) in [5.41, 5.74) is -0.138. The van der Waals surface area contributed by atoms with E-state index in [2.05, 4.69) is 4.98 Å². The molecule has 3 aromatic rings. The maximum Gasteiger partial charge on any atom is 0.323 e. The van der Waals surface area contributed by atoms with Gasteiger partial charge in [-0.15, -0.1) is 0 Å². The normalized spacial score (nSPS) is 15.1. The highest BCUT2D eigenvalue weighted by atomic mass is 35.5. The quantitative estimate of drug-likeness (QED) is 0.444. The summed E-state index contributed by atoms with van der Waals surface area (Å²) in [6.07, 6.45) is 2.85. The van der Waals surface area contributed by atoms with Gasteiger partial charge in [0, 0.05) is 6.20 Å². The highest BCUT2D eigenvalue weighted by Crippen LogP contribution is 2.35. The summed E-state index contributed by atoms with van der Waals surface area (Å²) in [4.78, 5) is 42.3. The van der Waals surface area contributed by atoms with Gasteiger partial charge in [0.25, 0.3) is 11.5 Å². The molecule has 1 aliphatic rings. The smallest absolute Gasteiger partial charge is 0.323 e. The number of amides is 1. The predicted octanol–water partition coefficient (Wildman–Crippen LogP) is 3.43. The van der Waals surface area contributed by atoms with Crippen LogP contribution in [0.3, 0.4) is 0 Å². The molecule has 1 N–H and O–H groups in total. The third-order valence-corrected chi connectivity index (χ3v) is 5.91. The van der Waals surface area contributed by atoms with Crippen LogP contribution in [0.4, 0.5) is 0 Å². The van der Waals surface area contributed by atoms with Gasteiger partial charge in [-0.2, -0.15) is 4.98 Å². The number of thiocarbonyl (C=S) groups is 1. The number of carboxylic acid groups (broad SMARTS) is 1. The number of pyridine rings is 1. The van der Waals surface area contributed by atoms with Crippen molar-refractivity contribution in [1.29, 1.82) is 0 Å². The van der Waals surface area contributed by atoms with Gasteiger partial charge in [0.15, 0.2) is 0 Å². The summed E-state index contributed by atoms with van der Waals surface area (Å²) in [7, 11) is 0. The Morgan fingerprint density at radius 2 is 1.97 bits per heavy atom. The van der Waals surface area contributed by atoms with E-state index in [1.165, 1.54) is 16.7 Å². The fraction of sp³-hybridized carbons (Fsp3) is 0.0500. The number of hydrogen-bond donors (Lipinski definition) is 1. The molecule has 0 radical (unpaired) electrons. The SMILES string of the molecule is O=C(O)CN1C(=O)C(=Cc2c(Oc3ccccc3Cl)nc3ccccn3c2=O)SC1=S. The van der Waals surface area contributed by atoms with Crippen molar-refractivity contribution in [2.75, 3.05) is 6.54 Å². The van der Waals surface area contributed by atoms with Crippen LogP contribution in [-0.4, -0.2) is 42.1 Å². The molecule has 1 aliphatic heterocycles. The first kappa shape index (κ1) is 21.0. The molecular weight excluding hydrogens is 462 g/mol. The van der Waals surface area contributed by atoms with E-state index in [9.17, 15) is 14.4 Å². The largest absolute Gasteiger partial charge is 0.480 e. The van der Waals surface area contributed by atoms with Crippen molar-refractivity contribution >= 4 is 63.5 Å². The van der Waals surface area contributed by atoms with Crippen LogP contribution in [0, 0.1) is 0 Å². The number of carbonyl (C=O) groups excluding carboxylic acids is 1. The number of rotatable bonds is 5. The number of nitrogens with zero attached hydrogens (tertiary/aromatic N) is 3. The van der Waals surface area contributed by atoms with Crippen molar-refractivity contribution in [3.05, 3.63) is 74.5 Å². The number of benzene rings is 1. The molecule has 2 aromatic heterocycles. The van der Waals surface area contributed by atoms with Crippen LogP contribution in [0.15, 0.2) is 58.4 Å². The number of ether oxygens (including phenoxy) is 1. The molecule has 31 heavy (non-hydrogen) atoms. The average molecular weight is 474 g/mol. The number of aromatic nitrogens is 2. The van der Waals surface area contributed by atoms with Gasteiger partial charge in [0.05, 0.1) is 9.93 Å². The van der Waals surface area contributed by atoms with Crippen LogP contribution < -0.4 is 10.3 Å². The second-order valence-corrected chi connectivity index (χ2v) is 8.34. The number of hydrogen-bond acceptors (Lipinski definition) is 7. The third-order valence-electron chi connectivity index (χ3n) is 4.22. The number of para-hydroxylation sites is 1. The molecule has 1 amide bonds. The Labute approximate surface area is 189 Å². The van der Waals surface area contributed by atoms with Gasteiger partial charge >= 0.3 is 5.97 Å². The van der Waals surface area contributed by atoms with Gasteiger partial charge < -0.3 is 9.84 Å². The Morgan fingerprint density at radius 3 is 2.71 bits per heavy atom. The van der Waals surface area contributed by atoms with Crippen molar-refractivity contribution in [3.8, 4) is 11.6 Å². The van der Waals surface area contributed by atoms with Crippen LogP contribution in [0.2, 0.25) is 5.02 Å². The summed E-state index contributed by atoms with van der Waals surface area (Å²) < 4.78 is 7.22. The number of carboxylic acids is 1. The van der Waals surface area contributed by atoms with E-state index in [4.69, 9.17) is 33.7 Å². The van der Waals surface area contributed by atoms with Gasteiger partial charge in [0.2, 0.25) is 5.88 Å². The molecule has 1 aromatic carbocycles. The Kier molecular flexibility index (Phi) is 5.77. The molecule has 3 heterocycles. The maximum absolute atomic E-state index is 13.2. The van der Waals surface area contributed by atoms with Gasteiger partial charge in [-0.05, 0) is 30.3 Å². The molecule has 0 unspecified atom stereocenters. The lowest BCUT2D eigenvalue weighted by atomic mass is 10.2. The molecule has 0 bridgehead atoms. The Bertz CT molecular complexity index is 1340. The van der Waals surface area contributed by atoms with E-state index < -0.39 is 24.0 Å². The zero-order chi connectivity index (χ0) is 22.1. The summed E-state index contributed by atoms with van der Waals surface area (Å²) in [5, 5.41) is 9.32. The van der Waals surface area contributed by atoms with E-state index in [0.29, 0.717) is 10.7 Å². The van der Waals surface area contributed by atoms with E-state index in [1.54, 1.807) is 42.5 Å². The van der Waals surface area contributed by atoms with E-state index in [0.717, 1.165) is 16.7 Å². The minimum Gasteiger partial charge on any atom is -0.480 e. The van der Waals surface area contributed by atoms with Gasteiger partial charge in [-0.25, -0.2) is 0 Å². The molecule has 4 rings (SSSR count). The fourth-order valence-electron chi connectivity index (χ4n) is 2.82. The molecule has 1 saturated heterocycles. The fourth-order valence-corrected chi connectivity index (χ4v) is 4.23.